The van der Waals surface area contributed by atoms with Gasteiger partial charge in [-0.25, -0.2) is 0 Å². The summed E-state index contributed by atoms with van der Waals surface area (Å²) in [4.78, 5) is 13.4. The van der Waals surface area contributed by atoms with Crippen LogP contribution in [0.2, 0.25) is 0 Å². The van der Waals surface area contributed by atoms with Crippen LogP contribution < -0.4 is 0 Å². The van der Waals surface area contributed by atoms with E-state index in [9.17, 15) is 4.79 Å². The molecule has 0 atom stereocenters. The molecular formula is C18H19NO. The zero-order valence-corrected chi connectivity index (χ0v) is 11.7. The van der Waals surface area contributed by atoms with Crippen molar-refractivity contribution in [3.8, 4) is 0 Å². The molecule has 2 aromatic rings. The molecule has 0 fully saturated rings. The molecule has 0 unspecified atom stereocenters. The first-order valence-electron chi connectivity index (χ1n) is 6.77. The normalized spacial score (nSPS) is 10.7. The van der Waals surface area contributed by atoms with Crippen molar-refractivity contribution in [2.75, 3.05) is 0 Å². The van der Waals surface area contributed by atoms with E-state index in [2.05, 4.69) is 12.1 Å². The molecule has 0 aromatic heterocycles. The monoisotopic (exact) mass is 265 g/mol. The summed E-state index contributed by atoms with van der Waals surface area (Å²) < 4.78 is 0. The van der Waals surface area contributed by atoms with E-state index in [0.717, 1.165) is 12.0 Å². The van der Waals surface area contributed by atoms with Crippen molar-refractivity contribution in [3.05, 3.63) is 84.1 Å². The minimum atomic E-state index is 0.0539. The summed E-state index contributed by atoms with van der Waals surface area (Å²) in [7, 11) is 0. The molecule has 0 heterocycles. The molecule has 0 aliphatic heterocycles. The van der Waals surface area contributed by atoms with E-state index in [4.69, 9.17) is 0 Å². The van der Waals surface area contributed by atoms with Crippen LogP contribution in [-0.2, 0) is 17.8 Å². The summed E-state index contributed by atoms with van der Waals surface area (Å²) in [6.45, 7) is 2.21. The predicted molar refractivity (Wildman–Crippen MR) is 82.0 cm³/mol. The van der Waals surface area contributed by atoms with Gasteiger partial charge in [0.05, 0.1) is 6.54 Å². The zero-order chi connectivity index (χ0) is 14.2. The van der Waals surface area contributed by atoms with Gasteiger partial charge in [0.2, 0.25) is 5.91 Å². The third-order valence-corrected chi connectivity index (χ3v) is 3.08. The van der Waals surface area contributed by atoms with E-state index in [1.807, 2.05) is 60.8 Å². The lowest BCUT2D eigenvalue weighted by Crippen LogP contribution is -2.22. The van der Waals surface area contributed by atoms with Crippen LogP contribution in [0, 0.1) is 0 Å². The molecule has 2 rings (SSSR count). The van der Waals surface area contributed by atoms with E-state index >= 15 is 0 Å². The highest BCUT2D eigenvalue weighted by molar-refractivity contribution is 5.74. The molecule has 0 saturated heterocycles. The van der Waals surface area contributed by atoms with Gasteiger partial charge in [-0.2, -0.15) is 0 Å². The lowest BCUT2D eigenvalue weighted by Gasteiger charge is -2.16. The fraction of sp³-hybridized carbons (Fsp3) is 0.167. The third kappa shape index (κ3) is 4.39. The molecule has 20 heavy (non-hydrogen) atoms. The first-order chi connectivity index (χ1) is 9.75. The van der Waals surface area contributed by atoms with Gasteiger partial charge in [0.25, 0.3) is 0 Å². The highest BCUT2D eigenvalue weighted by Gasteiger charge is 2.05. The molecule has 2 nitrogen and oxygen atoms in total. The van der Waals surface area contributed by atoms with Gasteiger partial charge in [0.15, 0.2) is 0 Å². The third-order valence-electron chi connectivity index (χ3n) is 3.08. The largest absolute Gasteiger partial charge is 0.315 e. The van der Waals surface area contributed by atoms with Crippen LogP contribution in [0.15, 0.2) is 72.9 Å². The fourth-order valence-electron chi connectivity index (χ4n) is 1.98. The Kier molecular flexibility index (Phi) is 5.13. The van der Waals surface area contributed by atoms with Crippen molar-refractivity contribution in [2.24, 2.45) is 0 Å². The summed E-state index contributed by atoms with van der Waals surface area (Å²) in [5.74, 6) is 0.0539. The second kappa shape index (κ2) is 7.29. The summed E-state index contributed by atoms with van der Waals surface area (Å²) in [5, 5.41) is 0. The van der Waals surface area contributed by atoms with Crippen LogP contribution in [0.3, 0.4) is 0 Å². The van der Waals surface area contributed by atoms with Crippen LogP contribution in [-0.4, -0.2) is 10.8 Å². The Labute approximate surface area is 120 Å². The fourth-order valence-corrected chi connectivity index (χ4v) is 1.98. The maximum atomic E-state index is 11.7. The SMILES string of the molecule is CC(=O)N(/C=C/Cc1ccccc1)Cc1ccccc1. The van der Waals surface area contributed by atoms with Crippen molar-refractivity contribution in [1.82, 2.24) is 4.90 Å². The van der Waals surface area contributed by atoms with Crippen molar-refractivity contribution in [2.45, 2.75) is 19.9 Å². The van der Waals surface area contributed by atoms with Gasteiger partial charge in [-0.15, -0.1) is 0 Å². The molecule has 0 bridgehead atoms. The van der Waals surface area contributed by atoms with Gasteiger partial charge in [-0.1, -0.05) is 66.7 Å². The molecule has 0 radical (unpaired) electrons. The number of carbonyl (C=O) groups is 1. The highest BCUT2D eigenvalue weighted by atomic mass is 16.2. The van der Waals surface area contributed by atoms with Crippen LogP contribution in [0.4, 0.5) is 0 Å². The van der Waals surface area contributed by atoms with E-state index < -0.39 is 0 Å². The first-order valence-corrected chi connectivity index (χ1v) is 6.77. The van der Waals surface area contributed by atoms with Crippen LogP contribution >= 0.6 is 0 Å². The van der Waals surface area contributed by atoms with Crippen LogP contribution in [0.25, 0.3) is 0 Å². The number of hydrogen-bond donors (Lipinski definition) is 0. The Bertz CT molecular complexity index is 560. The Morgan fingerprint density at radius 3 is 2.05 bits per heavy atom. The smallest absolute Gasteiger partial charge is 0.223 e. The maximum Gasteiger partial charge on any atom is 0.223 e. The minimum absolute atomic E-state index is 0.0539. The molecule has 1 amide bonds. The molecule has 0 aliphatic carbocycles. The number of amides is 1. The molecule has 0 spiro atoms. The lowest BCUT2D eigenvalue weighted by atomic mass is 10.1. The van der Waals surface area contributed by atoms with E-state index in [1.165, 1.54) is 5.56 Å². The number of rotatable bonds is 5. The summed E-state index contributed by atoms with van der Waals surface area (Å²) in [6, 6.07) is 20.2. The van der Waals surface area contributed by atoms with Gasteiger partial charge in [0, 0.05) is 13.1 Å². The average Bonchev–Trinajstić information content (AvgIpc) is 2.48. The number of allylic oxidation sites excluding steroid dienone is 1. The van der Waals surface area contributed by atoms with E-state index in [1.54, 1.807) is 11.8 Å². The van der Waals surface area contributed by atoms with Crippen LogP contribution in [0.5, 0.6) is 0 Å². The van der Waals surface area contributed by atoms with Gasteiger partial charge >= 0.3 is 0 Å². The quantitative estimate of drug-likeness (QED) is 0.805. The summed E-state index contributed by atoms with van der Waals surface area (Å²) in [6.07, 6.45) is 4.74. The highest BCUT2D eigenvalue weighted by Crippen LogP contribution is 2.06. The molecule has 0 aliphatic rings. The van der Waals surface area contributed by atoms with Crippen molar-refractivity contribution in [3.63, 3.8) is 0 Å². The number of benzene rings is 2. The molecule has 2 aromatic carbocycles. The van der Waals surface area contributed by atoms with Crippen LogP contribution in [0.1, 0.15) is 18.1 Å². The van der Waals surface area contributed by atoms with E-state index in [-0.39, 0.29) is 5.91 Å². The number of carbonyl (C=O) groups excluding carboxylic acids is 1. The minimum Gasteiger partial charge on any atom is -0.315 e. The van der Waals surface area contributed by atoms with Gasteiger partial charge in [-0.3, -0.25) is 4.79 Å². The lowest BCUT2D eigenvalue weighted by molar-refractivity contribution is -0.126. The second-order valence-corrected chi connectivity index (χ2v) is 4.71. The number of nitrogens with zero attached hydrogens (tertiary/aromatic N) is 1. The Balaban J connectivity index is 1.97. The maximum absolute atomic E-state index is 11.7. The number of hydrogen-bond acceptors (Lipinski definition) is 1. The van der Waals surface area contributed by atoms with E-state index in [0.29, 0.717) is 6.54 Å². The predicted octanol–water partition coefficient (Wildman–Crippen LogP) is 3.79. The van der Waals surface area contributed by atoms with Gasteiger partial charge < -0.3 is 4.90 Å². The summed E-state index contributed by atoms with van der Waals surface area (Å²) >= 11 is 0. The van der Waals surface area contributed by atoms with Crippen molar-refractivity contribution >= 4 is 5.91 Å². The summed E-state index contributed by atoms with van der Waals surface area (Å²) in [5.41, 5.74) is 2.37. The average molecular weight is 265 g/mol. The Morgan fingerprint density at radius 2 is 1.50 bits per heavy atom. The molecule has 102 valence electrons. The van der Waals surface area contributed by atoms with Crippen molar-refractivity contribution < 1.29 is 4.79 Å². The molecular weight excluding hydrogens is 246 g/mol. The van der Waals surface area contributed by atoms with Gasteiger partial charge in [0.1, 0.15) is 0 Å². The topological polar surface area (TPSA) is 20.3 Å². The molecule has 0 N–H and O–H groups in total. The van der Waals surface area contributed by atoms with Crippen molar-refractivity contribution in [1.29, 1.82) is 0 Å². The van der Waals surface area contributed by atoms with Gasteiger partial charge in [-0.05, 0) is 17.5 Å². The standard InChI is InChI=1S/C18H19NO/c1-16(20)19(15-18-11-6-3-7-12-18)14-8-13-17-9-4-2-5-10-17/h2-12,14H,13,15H2,1H3/b14-8+. The first kappa shape index (κ1) is 14.1. The molecule has 0 saturated carbocycles. The second-order valence-electron chi connectivity index (χ2n) is 4.71. The molecule has 2 heteroatoms. The Morgan fingerprint density at radius 1 is 0.950 bits per heavy atom. The zero-order valence-electron chi connectivity index (χ0n) is 11.7. The Hall–Kier alpha value is -2.35.